The van der Waals surface area contributed by atoms with E-state index in [1.807, 2.05) is 12.1 Å². The van der Waals surface area contributed by atoms with Gasteiger partial charge in [0.1, 0.15) is 29.3 Å². The molecule has 0 spiro atoms. The van der Waals surface area contributed by atoms with E-state index in [2.05, 4.69) is 35.5 Å². The van der Waals surface area contributed by atoms with Crippen molar-refractivity contribution < 1.29 is 23.0 Å². The lowest BCUT2D eigenvalue weighted by atomic mass is 10.0. The second-order valence-electron chi connectivity index (χ2n) is 9.92. The minimum atomic E-state index is -3.78. The summed E-state index contributed by atoms with van der Waals surface area (Å²) in [4.78, 5) is 37.6. The van der Waals surface area contributed by atoms with Gasteiger partial charge in [0.15, 0.2) is 11.5 Å². The van der Waals surface area contributed by atoms with Gasteiger partial charge in [-0.25, -0.2) is 9.67 Å². The van der Waals surface area contributed by atoms with Gasteiger partial charge in [0.2, 0.25) is 5.91 Å². The van der Waals surface area contributed by atoms with E-state index in [-0.39, 0.29) is 23.1 Å². The molecule has 1 N–H and O–H groups in total. The number of aromatic amines is 1. The van der Waals surface area contributed by atoms with E-state index in [1.165, 1.54) is 29.4 Å². The molecule has 2 aliphatic heterocycles. The van der Waals surface area contributed by atoms with Crippen molar-refractivity contribution in [2.45, 2.75) is 38.1 Å². The summed E-state index contributed by atoms with van der Waals surface area (Å²) in [5.74, 6) is -0.744. The van der Waals surface area contributed by atoms with E-state index in [9.17, 15) is 23.6 Å². The average Bonchev–Trinajstić information content (AvgIpc) is 3.49. The Balaban J connectivity index is 1.24. The summed E-state index contributed by atoms with van der Waals surface area (Å²) < 4.78 is 37.2. The summed E-state index contributed by atoms with van der Waals surface area (Å²) in [6.07, 6.45) is 0.120. The lowest BCUT2D eigenvalue weighted by Gasteiger charge is -2.33. The molecule has 202 valence electrons. The largest absolute Gasteiger partial charge is 0.586 e. The Labute approximate surface area is 225 Å². The van der Waals surface area contributed by atoms with Gasteiger partial charge in [-0.2, -0.15) is 10.4 Å². The summed E-state index contributed by atoms with van der Waals surface area (Å²) in [7, 11) is 0. The highest BCUT2D eigenvalue weighted by Crippen LogP contribution is 2.44. The maximum Gasteiger partial charge on any atom is 0.586 e. The van der Waals surface area contributed by atoms with Crippen LogP contribution in [0.25, 0.3) is 22.3 Å². The molecule has 3 aliphatic rings. The predicted molar refractivity (Wildman–Crippen MR) is 138 cm³/mol. The van der Waals surface area contributed by atoms with Crippen LogP contribution in [0.2, 0.25) is 0 Å². The van der Waals surface area contributed by atoms with Crippen molar-refractivity contribution in [1.29, 1.82) is 5.26 Å². The van der Waals surface area contributed by atoms with Crippen LogP contribution in [0, 0.1) is 11.3 Å². The van der Waals surface area contributed by atoms with E-state index < -0.39 is 24.3 Å². The molecule has 7 rings (SSSR count). The normalized spacial score (nSPS) is 17.0. The molecule has 0 atom stereocenters. The molecule has 2 aromatic heterocycles. The molecular formula is C27H21F2N7O4. The first-order chi connectivity index (χ1) is 19.3. The van der Waals surface area contributed by atoms with Crippen molar-refractivity contribution in [2.75, 3.05) is 22.9 Å². The third kappa shape index (κ3) is 4.00. The molecule has 1 aliphatic carbocycles. The number of rotatable bonds is 6. The van der Waals surface area contributed by atoms with Gasteiger partial charge in [0, 0.05) is 36.4 Å². The second kappa shape index (κ2) is 8.77. The number of amides is 1. The molecule has 40 heavy (non-hydrogen) atoms. The van der Waals surface area contributed by atoms with Crippen LogP contribution in [0.3, 0.4) is 0 Å². The third-order valence-corrected chi connectivity index (χ3v) is 7.25. The molecule has 4 aromatic rings. The SMILES string of the molecule is N#Cc1cc(-c2nn(CC(=O)N(c3ccc4c(c3)OC(F)(F)O4)C3CC3)c(=O)c3[nH]cnc23)ccc1N1CCC1. The van der Waals surface area contributed by atoms with E-state index in [1.54, 1.807) is 6.07 Å². The number of H-pyrrole nitrogens is 1. The van der Waals surface area contributed by atoms with Crippen molar-refractivity contribution in [3.8, 4) is 28.8 Å². The van der Waals surface area contributed by atoms with Crippen molar-refractivity contribution in [2.24, 2.45) is 0 Å². The Morgan fingerprint density at radius 3 is 2.70 bits per heavy atom. The molecule has 0 bridgehead atoms. The molecule has 2 aromatic carbocycles. The van der Waals surface area contributed by atoms with Crippen LogP contribution < -0.4 is 24.8 Å². The Morgan fingerprint density at radius 2 is 1.98 bits per heavy atom. The summed E-state index contributed by atoms with van der Waals surface area (Å²) >= 11 is 0. The number of hydrogen-bond donors (Lipinski definition) is 1. The standard InChI is InChI=1S/C27H21F2N7O4/c28-27(29)39-20-7-5-18(11-21(20)40-27)36(17-3-4-17)22(37)13-35-26(38)25-24(31-14-32-25)23(33-35)15-2-6-19(16(10-15)12-30)34-8-1-9-34/h2,5-7,10-11,14,17H,1,3-4,8-9,13H2,(H,31,32). The highest BCUT2D eigenvalue weighted by atomic mass is 19.3. The summed E-state index contributed by atoms with van der Waals surface area (Å²) in [6.45, 7) is 1.36. The minimum absolute atomic E-state index is 0.124. The topological polar surface area (TPSA) is 129 Å². The number of alkyl halides is 2. The molecule has 1 amide bonds. The third-order valence-electron chi connectivity index (χ3n) is 7.25. The van der Waals surface area contributed by atoms with Gasteiger partial charge in [-0.3, -0.25) is 9.59 Å². The highest BCUT2D eigenvalue weighted by molar-refractivity contribution is 5.95. The zero-order valence-corrected chi connectivity index (χ0v) is 20.9. The molecule has 1 saturated carbocycles. The average molecular weight is 546 g/mol. The Morgan fingerprint density at radius 1 is 1.18 bits per heavy atom. The first-order valence-electron chi connectivity index (χ1n) is 12.8. The summed E-state index contributed by atoms with van der Waals surface area (Å²) in [5, 5.41) is 14.3. The first-order valence-corrected chi connectivity index (χ1v) is 12.8. The smallest absolute Gasteiger partial charge is 0.395 e. The van der Waals surface area contributed by atoms with Gasteiger partial charge >= 0.3 is 6.29 Å². The quantitative estimate of drug-likeness (QED) is 0.390. The maximum absolute atomic E-state index is 13.6. The van der Waals surface area contributed by atoms with Crippen LogP contribution in [0.5, 0.6) is 11.5 Å². The van der Waals surface area contributed by atoms with Crippen molar-refractivity contribution in [1.82, 2.24) is 19.7 Å². The number of carbonyl (C=O) groups excluding carboxylic acids is 1. The molecule has 1 saturated heterocycles. The Bertz CT molecular complexity index is 1790. The molecule has 4 heterocycles. The number of fused-ring (bicyclic) bond motifs is 2. The number of nitrogens with zero attached hydrogens (tertiary/aromatic N) is 6. The van der Waals surface area contributed by atoms with Gasteiger partial charge in [-0.1, -0.05) is 6.07 Å². The molecule has 2 fully saturated rings. The van der Waals surface area contributed by atoms with Gasteiger partial charge in [-0.05, 0) is 43.5 Å². The van der Waals surface area contributed by atoms with Crippen molar-refractivity contribution in [3.05, 3.63) is 58.6 Å². The van der Waals surface area contributed by atoms with Crippen LogP contribution >= 0.6 is 0 Å². The van der Waals surface area contributed by atoms with Gasteiger partial charge in [0.05, 0.1) is 17.6 Å². The lowest BCUT2D eigenvalue weighted by Crippen LogP contribution is -2.39. The van der Waals surface area contributed by atoms with Crippen molar-refractivity contribution >= 4 is 28.3 Å². The van der Waals surface area contributed by atoms with Crippen LogP contribution in [0.15, 0.2) is 47.5 Å². The predicted octanol–water partition coefficient (Wildman–Crippen LogP) is 3.39. The number of ether oxygens (including phenoxy) is 2. The lowest BCUT2D eigenvalue weighted by molar-refractivity contribution is -0.286. The van der Waals surface area contributed by atoms with E-state index in [4.69, 9.17) is 0 Å². The monoisotopic (exact) mass is 545 g/mol. The van der Waals surface area contributed by atoms with E-state index >= 15 is 0 Å². The number of hydrogen-bond acceptors (Lipinski definition) is 8. The number of benzene rings is 2. The fourth-order valence-electron chi connectivity index (χ4n) is 5.07. The Hall–Kier alpha value is -4.99. The van der Waals surface area contributed by atoms with Gasteiger partial charge in [0.25, 0.3) is 5.56 Å². The van der Waals surface area contributed by atoms with Gasteiger partial charge in [-0.15, -0.1) is 8.78 Å². The Kier molecular flexibility index (Phi) is 5.28. The van der Waals surface area contributed by atoms with Crippen molar-refractivity contribution in [3.63, 3.8) is 0 Å². The van der Waals surface area contributed by atoms with E-state index in [0.717, 1.165) is 42.7 Å². The fraction of sp³-hybridized carbons (Fsp3) is 0.296. The number of aromatic nitrogens is 4. The molecule has 0 unspecified atom stereocenters. The highest BCUT2D eigenvalue weighted by Gasteiger charge is 2.44. The second-order valence-corrected chi connectivity index (χ2v) is 9.92. The molecule has 11 nitrogen and oxygen atoms in total. The number of nitrogens with one attached hydrogen (secondary N) is 1. The van der Waals surface area contributed by atoms with E-state index in [0.29, 0.717) is 28.0 Å². The number of halogens is 2. The number of carbonyl (C=O) groups is 1. The maximum atomic E-state index is 13.6. The molecular weight excluding hydrogens is 524 g/mol. The number of anilines is 2. The molecule has 0 radical (unpaired) electrons. The zero-order chi connectivity index (χ0) is 27.6. The number of nitriles is 1. The number of imidazole rings is 1. The molecule has 13 heteroatoms. The van der Waals surface area contributed by atoms with Crippen LogP contribution in [-0.2, 0) is 11.3 Å². The van der Waals surface area contributed by atoms with Crippen LogP contribution in [0.1, 0.15) is 24.8 Å². The minimum Gasteiger partial charge on any atom is -0.395 e. The fourth-order valence-corrected chi connectivity index (χ4v) is 5.07. The first kappa shape index (κ1) is 24.1. The summed E-state index contributed by atoms with van der Waals surface area (Å²) in [5.41, 5.74) is 2.54. The van der Waals surface area contributed by atoms with Crippen LogP contribution in [0.4, 0.5) is 20.2 Å². The van der Waals surface area contributed by atoms with Gasteiger partial charge < -0.3 is 24.3 Å². The van der Waals surface area contributed by atoms with Crippen LogP contribution in [-0.4, -0.2) is 51.1 Å². The summed E-state index contributed by atoms with van der Waals surface area (Å²) in [6, 6.07) is 11.6. The zero-order valence-electron chi connectivity index (χ0n) is 20.9.